The summed E-state index contributed by atoms with van der Waals surface area (Å²) < 4.78 is 33.9. The van der Waals surface area contributed by atoms with Gasteiger partial charge in [0.15, 0.2) is 5.78 Å². The second kappa shape index (κ2) is 4.89. The third-order valence-corrected chi connectivity index (χ3v) is 2.89. The molecule has 7 nitrogen and oxygen atoms in total. The first-order valence-electron chi connectivity index (χ1n) is 4.46. The smallest absolute Gasteiger partial charge is 0.347 e. The molecule has 0 fully saturated rings. The van der Waals surface area contributed by atoms with Crippen LogP contribution in [0.4, 0.5) is 0 Å². The van der Waals surface area contributed by atoms with E-state index >= 15 is 0 Å². The first-order chi connectivity index (χ1) is 7.03. The SMILES string of the molecule is CCC(=O)C(C)(O)C(=O)OC(C)S(=O)(=O)O. The molecule has 2 atom stereocenters. The number of rotatable bonds is 5. The van der Waals surface area contributed by atoms with Gasteiger partial charge in [0.1, 0.15) is 0 Å². The van der Waals surface area contributed by atoms with Crippen LogP contribution >= 0.6 is 0 Å². The van der Waals surface area contributed by atoms with Gasteiger partial charge in [-0.15, -0.1) is 0 Å². The molecule has 0 aliphatic heterocycles. The Kier molecular flexibility index (Phi) is 4.59. The summed E-state index contributed by atoms with van der Waals surface area (Å²) in [6.45, 7) is 3.23. The van der Waals surface area contributed by atoms with E-state index in [0.717, 1.165) is 13.8 Å². The number of hydrogen-bond donors (Lipinski definition) is 2. The summed E-state index contributed by atoms with van der Waals surface area (Å²) >= 11 is 0. The highest BCUT2D eigenvalue weighted by Crippen LogP contribution is 2.13. The molecule has 2 N–H and O–H groups in total. The van der Waals surface area contributed by atoms with Crippen molar-refractivity contribution in [1.82, 2.24) is 0 Å². The molecule has 0 aromatic carbocycles. The third-order valence-electron chi connectivity index (χ3n) is 1.95. The summed E-state index contributed by atoms with van der Waals surface area (Å²) in [5.41, 5.74) is -4.25. The van der Waals surface area contributed by atoms with Crippen LogP contribution in [0.25, 0.3) is 0 Å². The summed E-state index contributed by atoms with van der Waals surface area (Å²) in [5, 5.41) is 9.47. The molecule has 0 aromatic rings. The van der Waals surface area contributed by atoms with Crippen molar-refractivity contribution in [2.24, 2.45) is 0 Å². The van der Waals surface area contributed by atoms with Gasteiger partial charge in [0, 0.05) is 6.42 Å². The van der Waals surface area contributed by atoms with E-state index in [2.05, 4.69) is 4.74 Å². The van der Waals surface area contributed by atoms with Crippen LogP contribution in [0, 0.1) is 0 Å². The van der Waals surface area contributed by atoms with Crippen LogP contribution in [-0.2, 0) is 24.4 Å². The second-order valence-corrected chi connectivity index (χ2v) is 5.03. The number of carbonyl (C=O) groups is 2. The highest BCUT2D eigenvalue weighted by atomic mass is 32.2. The van der Waals surface area contributed by atoms with Gasteiger partial charge < -0.3 is 9.84 Å². The number of ketones is 1. The highest BCUT2D eigenvalue weighted by Gasteiger charge is 2.41. The Morgan fingerprint density at radius 2 is 1.88 bits per heavy atom. The molecule has 16 heavy (non-hydrogen) atoms. The van der Waals surface area contributed by atoms with Crippen LogP contribution in [0.2, 0.25) is 0 Å². The molecule has 0 spiro atoms. The van der Waals surface area contributed by atoms with Crippen LogP contribution in [0.3, 0.4) is 0 Å². The van der Waals surface area contributed by atoms with E-state index in [1.165, 1.54) is 6.92 Å². The lowest BCUT2D eigenvalue weighted by Gasteiger charge is -2.20. The van der Waals surface area contributed by atoms with Gasteiger partial charge in [0.2, 0.25) is 11.0 Å². The lowest BCUT2D eigenvalue weighted by molar-refractivity contribution is -0.169. The van der Waals surface area contributed by atoms with Crippen molar-refractivity contribution in [3.63, 3.8) is 0 Å². The standard InChI is InChI=1S/C8H14O7S/c1-4-6(9)8(3,11)7(10)15-5(2)16(12,13)14/h5,11H,4H2,1-3H3,(H,12,13,14). The van der Waals surface area contributed by atoms with Crippen LogP contribution in [0.5, 0.6) is 0 Å². The van der Waals surface area contributed by atoms with Crippen LogP contribution < -0.4 is 0 Å². The maximum atomic E-state index is 11.3. The molecule has 0 aliphatic carbocycles. The lowest BCUT2D eigenvalue weighted by Crippen LogP contribution is -2.46. The summed E-state index contributed by atoms with van der Waals surface area (Å²) in [7, 11) is -4.56. The molecule has 2 unspecified atom stereocenters. The fraction of sp³-hybridized carbons (Fsp3) is 0.750. The van der Waals surface area contributed by atoms with Crippen molar-refractivity contribution in [3.05, 3.63) is 0 Å². The van der Waals surface area contributed by atoms with Crippen molar-refractivity contribution in [2.45, 2.75) is 38.2 Å². The molecule has 0 rings (SSSR count). The Morgan fingerprint density at radius 3 is 2.19 bits per heavy atom. The van der Waals surface area contributed by atoms with Crippen LogP contribution in [0.1, 0.15) is 27.2 Å². The summed E-state index contributed by atoms with van der Waals surface area (Å²) in [5.74, 6) is -2.22. The van der Waals surface area contributed by atoms with Gasteiger partial charge in [-0.2, -0.15) is 8.42 Å². The molecule has 0 aliphatic rings. The Balaban J connectivity index is 4.78. The Bertz CT molecular complexity index is 381. The van der Waals surface area contributed by atoms with E-state index in [-0.39, 0.29) is 6.42 Å². The van der Waals surface area contributed by atoms with E-state index < -0.39 is 32.9 Å². The largest absolute Gasteiger partial charge is 0.441 e. The van der Waals surface area contributed by atoms with E-state index in [0.29, 0.717) is 0 Å². The van der Waals surface area contributed by atoms with Crippen LogP contribution in [-0.4, -0.2) is 40.9 Å². The molecule has 94 valence electrons. The number of Topliss-reactive ketones (excluding diaryl/α,β-unsaturated/α-hetero) is 1. The van der Waals surface area contributed by atoms with E-state index in [1.54, 1.807) is 0 Å². The number of ether oxygens (including phenoxy) is 1. The first-order valence-corrected chi connectivity index (χ1v) is 5.96. The van der Waals surface area contributed by atoms with Gasteiger partial charge in [0.25, 0.3) is 0 Å². The fourth-order valence-corrected chi connectivity index (χ4v) is 0.993. The van der Waals surface area contributed by atoms with Crippen molar-refractivity contribution in [2.75, 3.05) is 0 Å². The Morgan fingerprint density at radius 1 is 1.44 bits per heavy atom. The monoisotopic (exact) mass is 254 g/mol. The summed E-state index contributed by atoms with van der Waals surface area (Å²) in [6.07, 6.45) is -0.109. The van der Waals surface area contributed by atoms with Gasteiger partial charge in [-0.05, 0) is 13.8 Å². The van der Waals surface area contributed by atoms with Crippen molar-refractivity contribution < 1.29 is 32.4 Å². The zero-order valence-electron chi connectivity index (χ0n) is 9.13. The minimum absolute atomic E-state index is 0.109. The molecule has 8 heteroatoms. The van der Waals surface area contributed by atoms with Crippen molar-refractivity contribution in [1.29, 1.82) is 0 Å². The Labute approximate surface area is 93.2 Å². The van der Waals surface area contributed by atoms with Crippen molar-refractivity contribution in [3.8, 4) is 0 Å². The zero-order valence-corrected chi connectivity index (χ0v) is 9.94. The molecule has 0 heterocycles. The van der Waals surface area contributed by atoms with Gasteiger partial charge in [-0.1, -0.05) is 6.92 Å². The van der Waals surface area contributed by atoms with Gasteiger partial charge >= 0.3 is 16.1 Å². The second-order valence-electron chi connectivity index (χ2n) is 3.34. The molecule has 0 saturated carbocycles. The number of esters is 1. The molecule has 0 radical (unpaired) electrons. The van der Waals surface area contributed by atoms with Crippen LogP contribution in [0.15, 0.2) is 0 Å². The van der Waals surface area contributed by atoms with E-state index in [9.17, 15) is 23.1 Å². The topological polar surface area (TPSA) is 118 Å². The molecule has 0 amide bonds. The summed E-state index contributed by atoms with van der Waals surface area (Å²) in [4.78, 5) is 22.4. The molecule has 0 saturated heterocycles. The minimum atomic E-state index is -4.56. The van der Waals surface area contributed by atoms with Gasteiger partial charge in [-0.3, -0.25) is 9.35 Å². The predicted octanol–water partition coefficient (Wildman–Crippen LogP) is -0.506. The number of carbonyl (C=O) groups excluding carboxylic acids is 2. The van der Waals surface area contributed by atoms with Gasteiger partial charge in [0.05, 0.1) is 0 Å². The third kappa shape index (κ3) is 3.54. The maximum Gasteiger partial charge on any atom is 0.347 e. The van der Waals surface area contributed by atoms with Gasteiger partial charge in [-0.25, -0.2) is 4.79 Å². The molecule has 0 bridgehead atoms. The quantitative estimate of drug-likeness (QED) is 0.385. The minimum Gasteiger partial charge on any atom is -0.441 e. The molecular formula is C8H14O7S. The van der Waals surface area contributed by atoms with E-state index in [1.807, 2.05) is 0 Å². The average molecular weight is 254 g/mol. The van der Waals surface area contributed by atoms with Crippen molar-refractivity contribution >= 4 is 21.9 Å². The normalized spacial score (nSPS) is 17.3. The first kappa shape index (κ1) is 15.0. The molecular weight excluding hydrogens is 240 g/mol. The number of hydrogen-bond acceptors (Lipinski definition) is 6. The van der Waals surface area contributed by atoms with E-state index in [4.69, 9.17) is 4.55 Å². The summed E-state index contributed by atoms with van der Waals surface area (Å²) in [6, 6.07) is 0. The number of aliphatic hydroxyl groups is 1. The Hall–Kier alpha value is -0.990. The predicted molar refractivity (Wildman–Crippen MR) is 53.0 cm³/mol. The maximum absolute atomic E-state index is 11.3. The fourth-order valence-electron chi connectivity index (χ4n) is 0.784. The zero-order chi connectivity index (χ0) is 13.1. The lowest BCUT2D eigenvalue weighted by atomic mass is 9.99. The molecule has 0 aromatic heterocycles. The average Bonchev–Trinajstić information content (AvgIpc) is 2.14. The highest BCUT2D eigenvalue weighted by molar-refractivity contribution is 7.86.